The number of nitrogens with zero attached hydrogens (tertiary/aromatic N) is 2. The molecule has 0 aromatic heterocycles. The van der Waals surface area contributed by atoms with E-state index >= 15 is 0 Å². The molecule has 2 rings (SSSR count). The second-order valence-electron chi connectivity index (χ2n) is 11.8. The largest absolute Gasteiger partial charge is 0.338 e. The first-order valence-corrected chi connectivity index (χ1v) is 16.5. The van der Waals surface area contributed by atoms with Crippen LogP contribution in [-0.4, -0.2) is 75.2 Å². The summed E-state index contributed by atoms with van der Waals surface area (Å²) in [5.74, 6) is 0. The lowest BCUT2D eigenvalue weighted by molar-refractivity contribution is 0.250. The Morgan fingerprint density at radius 3 is 1.42 bits per heavy atom. The van der Waals surface area contributed by atoms with Crippen molar-refractivity contribution in [3.63, 3.8) is 0 Å². The number of benzene rings is 2. The molecule has 0 aliphatic carbocycles. The van der Waals surface area contributed by atoms with Gasteiger partial charge in [-0.05, 0) is 108 Å². The van der Waals surface area contributed by atoms with Gasteiger partial charge in [-0.1, -0.05) is 76.6 Å². The van der Waals surface area contributed by atoms with E-state index in [1.165, 1.54) is 51.4 Å². The van der Waals surface area contributed by atoms with Gasteiger partial charge < -0.3 is 31.1 Å². The molecular formula is C35H58N6O2. The molecule has 2 aromatic carbocycles. The van der Waals surface area contributed by atoms with Gasteiger partial charge in [0.05, 0.1) is 0 Å². The molecule has 8 nitrogen and oxygen atoms in total. The van der Waals surface area contributed by atoms with Crippen molar-refractivity contribution in [1.82, 2.24) is 20.4 Å². The Labute approximate surface area is 261 Å². The SMILES string of the molecule is CCCCCCN(C)CCCNC(=O)Nc1cccc(Cc2cccc(NC(=O)NCCCN(C)CCCCCC)c2)c1. The summed E-state index contributed by atoms with van der Waals surface area (Å²) in [7, 11) is 4.30. The molecule has 0 bridgehead atoms. The maximum absolute atomic E-state index is 12.4. The topological polar surface area (TPSA) is 88.7 Å². The number of unbranched alkanes of at least 4 members (excludes halogenated alkanes) is 6. The third kappa shape index (κ3) is 17.6. The number of amides is 4. The molecule has 4 N–H and O–H groups in total. The molecule has 4 amide bonds. The molecule has 240 valence electrons. The Morgan fingerprint density at radius 2 is 1.00 bits per heavy atom. The van der Waals surface area contributed by atoms with Crippen molar-refractivity contribution in [2.45, 2.75) is 84.5 Å². The second-order valence-corrected chi connectivity index (χ2v) is 11.8. The van der Waals surface area contributed by atoms with Crippen LogP contribution >= 0.6 is 0 Å². The lowest BCUT2D eigenvalue weighted by atomic mass is 10.0. The van der Waals surface area contributed by atoms with Crippen molar-refractivity contribution in [2.24, 2.45) is 0 Å². The van der Waals surface area contributed by atoms with Crippen molar-refractivity contribution in [3.8, 4) is 0 Å². The molecule has 0 radical (unpaired) electrons. The van der Waals surface area contributed by atoms with Crippen molar-refractivity contribution in [2.75, 3.05) is 64.0 Å². The van der Waals surface area contributed by atoms with Gasteiger partial charge in [-0.2, -0.15) is 0 Å². The fourth-order valence-corrected chi connectivity index (χ4v) is 5.05. The summed E-state index contributed by atoms with van der Waals surface area (Å²) in [6.45, 7) is 9.95. The molecule has 8 heteroatoms. The summed E-state index contributed by atoms with van der Waals surface area (Å²) >= 11 is 0. The number of rotatable bonds is 22. The van der Waals surface area contributed by atoms with Crippen molar-refractivity contribution >= 4 is 23.4 Å². The summed E-state index contributed by atoms with van der Waals surface area (Å²) in [6, 6.07) is 15.4. The fourth-order valence-electron chi connectivity index (χ4n) is 5.05. The molecular weight excluding hydrogens is 536 g/mol. The maximum Gasteiger partial charge on any atom is 0.319 e. The highest BCUT2D eigenvalue weighted by Crippen LogP contribution is 2.18. The van der Waals surface area contributed by atoms with E-state index in [-0.39, 0.29) is 12.1 Å². The van der Waals surface area contributed by atoms with E-state index in [4.69, 9.17) is 0 Å². The maximum atomic E-state index is 12.4. The predicted octanol–water partition coefficient (Wildman–Crippen LogP) is 7.32. The Bertz CT molecular complexity index is 965. The van der Waals surface area contributed by atoms with Crippen molar-refractivity contribution in [3.05, 3.63) is 59.7 Å². The first kappa shape index (κ1) is 36.1. The Hall–Kier alpha value is -3.10. The molecule has 0 aliphatic rings. The predicted molar refractivity (Wildman–Crippen MR) is 182 cm³/mol. The molecule has 0 spiro atoms. The molecule has 0 fully saturated rings. The van der Waals surface area contributed by atoms with Gasteiger partial charge in [-0.25, -0.2) is 9.59 Å². The average Bonchev–Trinajstić information content (AvgIpc) is 2.98. The minimum atomic E-state index is -0.182. The molecule has 0 saturated heterocycles. The van der Waals surface area contributed by atoms with Crippen LogP contribution < -0.4 is 21.3 Å². The molecule has 0 heterocycles. The Kier molecular flexibility index (Phi) is 18.8. The number of carbonyl (C=O) groups is 2. The third-order valence-corrected chi connectivity index (χ3v) is 7.57. The minimum Gasteiger partial charge on any atom is -0.338 e. The van der Waals surface area contributed by atoms with E-state index in [0.29, 0.717) is 19.5 Å². The number of nitrogens with one attached hydrogen (secondary N) is 4. The van der Waals surface area contributed by atoms with Gasteiger partial charge in [-0.15, -0.1) is 0 Å². The van der Waals surface area contributed by atoms with Gasteiger partial charge in [0.1, 0.15) is 0 Å². The van der Waals surface area contributed by atoms with E-state index in [2.05, 4.69) is 59.0 Å². The van der Waals surface area contributed by atoms with Crippen LogP contribution in [0.3, 0.4) is 0 Å². The van der Waals surface area contributed by atoms with E-state index in [0.717, 1.165) is 61.5 Å². The van der Waals surface area contributed by atoms with Gasteiger partial charge in [0.15, 0.2) is 0 Å². The molecule has 0 saturated carbocycles. The quantitative estimate of drug-likeness (QED) is 0.108. The minimum absolute atomic E-state index is 0.182. The highest BCUT2D eigenvalue weighted by Gasteiger charge is 2.06. The van der Waals surface area contributed by atoms with Gasteiger partial charge in [-0.3, -0.25) is 0 Å². The van der Waals surface area contributed by atoms with Crippen LogP contribution in [0, 0.1) is 0 Å². The monoisotopic (exact) mass is 594 g/mol. The summed E-state index contributed by atoms with van der Waals surface area (Å²) in [6.07, 6.45) is 12.7. The smallest absolute Gasteiger partial charge is 0.319 e. The first-order chi connectivity index (χ1) is 20.9. The first-order valence-electron chi connectivity index (χ1n) is 16.5. The molecule has 2 aromatic rings. The zero-order valence-electron chi connectivity index (χ0n) is 27.4. The molecule has 0 aliphatic heterocycles. The lowest BCUT2D eigenvalue weighted by Gasteiger charge is -2.16. The highest BCUT2D eigenvalue weighted by molar-refractivity contribution is 5.89. The fraction of sp³-hybridized carbons (Fsp3) is 0.600. The van der Waals surface area contributed by atoms with E-state index in [1.54, 1.807) is 0 Å². The number of carbonyl (C=O) groups excluding carboxylic acids is 2. The van der Waals surface area contributed by atoms with Gasteiger partial charge in [0.2, 0.25) is 0 Å². The van der Waals surface area contributed by atoms with E-state index in [1.807, 2.05) is 48.5 Å². The van der Waals surface area contributed by atoms with Crippen molar-refractivity contribution in [1.29, 1.82) is 0 Å². The van der Waals surface area contributed by atoms with E-state index < -0.39 is 0 Å². The number of hydrogen-bond donors (Lipinski definition) is 4. The van der Waals surface area contributed by atoms with Crippen LogP contribution in [0.4, 0.5) is 21.0 Å². The number of anilines is 2. The van der Waals surface area contributed by atoms with Crippen LogP contribution in [0.25, 0.3) is 0 Å². The van der Waals surface area contributed by atoms with Gasteiger partial charge >= 0.3 is 12.1 Å². The lowest BCUT2D eigenvalue weighted by Crippen LogP contribution is -2.32. The summed E-state index contributed by atoms with van der Waals surface area (Å²) < 4.78 is 0. The zero-order chi connectivity index (χ0) is 31.1. The van der Waals surface area contributed by atoms with Crippen molar-refractivity contribution < 1.29 is 9.59 Å². The zero-order valence-corrected chi connectivity index (χ0v) is 27.4. The number of hydrogen-bond acceptors (Lipinski definition) is 4. The second kappa shape index (κ2) is 22.4. The summed E-state index contributed by atoms with van der Waals surface area (Å²) in [4.78, 5) is 29.5. The summed E-state index contributed by atoms with van der Waals surface area (Å²) in [5.41, 5.74) is 3.71. The Balaban J connectivity index is 1.69. The standard InChI is InChI=1S/C35H58N6O2/c1-5-7-9-11-23-40(3)25-15-21-36-34(42)38-32-19-13-17-30(28-32)27-31-18-14-20-33(29-31)39-35(43)37-22-16-26-41(4)24-12-10-8-6-2/h13-14,17-20,28-29H,5-12,15-16,21-27H2,1-4H3,(H2,36,38,42)(H2,37,39,43). The molecule has 43 heavy (non-hydrogen) atoms. The third-order valence-electron chi connectivity index (χ3n) is 7.57. The Morgan fingerprint density at radius 1 is 0.581 bits per heavy atom. The van der Waals surface area contributed by atoms with Gasteiger partial charge in [0, 0.05) is 24.5 Å². The highest BCUT2D eigenvalue weighted by atomic mass is 16.2. The van der Waals surface area contributed by atoms with Crippen LogP contribution in [0.15, 0.2) is 48.5 Å². The normalized spacial score (nSPS) is 11.1. The van der Waals surface area contributed by atoms with Crippen LogP contribution in [-0.2, 0) is 6.42 Å². The van der Waals surface area contributed by atoms with Crippen LogP contribution in [0.1, 0.15) is 89.2 Å². The van der Waals surface area contributed by atoms with Gasteiger partial charge in [0.25, 0.3) is 0 Å². The molecule has 0 atom stereocenters. The van der Waals surface area contributed by atoms with Crippen LogP contribution in [0.2, 0.25) is 0 Å². The van der Waals surface area contributed by atoms with Crippen LogP contribution in [0.5, 0.6) is 0 Å². The van der Waals surface area contributed by atoms with E-state index in [9.17, 15) is 9.59 Å². The number of urea groups is 2. The summed E-state index contributed by atoms with van der Waals surface area (Å²) in [5, 5.41) is 11.8. The average molecular weight is 595 g/mol. The molecule has 0 unspecified atom stereocenters.